The Balaban J connectivity index is 2.08. The highest BCUT2D eigenvalue weighted by molar-refractivity contribution is 7.89. The van der Waals surface area contributed by atoms with Crippen molar-refractivity contribution in [1.29, 1.82) is 0 Å². The van der Waals surface area contributed by atoms with E-state index in [9.17, 15) is 16.8 Å². The van der Waals surface area contributed by atoms with Gasteiger partial charge in [-0.25, -0.2) is 16.8 Å². The number of sulfonamides is 2. The smallest absolute Gasteiger partial charge is 0.207 e. The van der Waals surface area contributed by atoms with Crippen molar-refractivity contribution in [3.05, 3.63) is 59.7 Å². The van der Waals surface area contributed by atoms with Gasteiger partial charge in [0.05, 0.1) is 9.79 Å². The van der Waals surface area contributed by atoms with Gasteiger partial charge in [0.1, 0.15) is 0 Å². The van der Waals surface area contributed by atoms with E-state index in [2.05, 4.69) is 0 Å². The summed E-state index contributed by atoms with van der Waals surface area (Å²) < 4.78 is 54.2. The van der Waals surface area contributed by atoms with E-state index in [0.29, 0.717) is 19.5 Å². The fourth-order valence-corrected chi connectivity index (χ4v) is 6.01. The highest BCUT2D eigenvalue weighted by Gasteiger charge is 2.25. The summed E-state index contributed by atoms with van der Waals surface area (Å²) in [5, 5.41) is 0. The molecule has 0 aromatic heterocycles. The first-order valence-corrected chi connectivity index (χ1v) is 12.6. The number of aryl methyl sites for hydroxylation is 2. The molecule has 2 rings (SSSR count). The molecule has 0 aliphatic rings. The lowest BCUT2D eigenvalue weighted by Gasteiger charge is -2.24. The summed E-state index contributed by atoms with van der Waals surface area (Å²) in [5.41, 5.74) is 1.98. The second kappa shape index (κ2) is 9.84. The van der Waals surface area contributed by atoms with Crippen molar-refractivity contribution in [2.24, 2.45) is 0 Å². The van der Waals surface area contributed by atoms with Crippen LogP contribution in [0.15, 0.2) is 58.3 Å². The van der Waals surface area contributed by atoms with Gasteiger partial charge in [0.25, 0.3) is 0 Å². The van der Waals surface area contributed by atoms with Crippen LogP contribution >= 0.6 is 0 Å². The summed E-state index contributed by atoms with van der Waals surface area (Å²) >= 11 is 0. The largest absolute Gasteiger partial charge is 0.243 e. The van der Waals surface area contributed by atoms with Gasteiger partial charge in [-0.2, -0.15) is 8.61 Å². The predicted octanol–water partition coefficient (Wildman–Crippen LogP) is 3.41. The lowest BCUT2D eigenvalue weighted by Crippen LogP contribution is -2.36. The van der Waals surface area contributed by atoms with Crippen LogP contribution in [0.3, 0.4) is 0 Å². The standard InChI is InChI=1S/C21H30N2O4S2/c1-5-22(28(24,25)20-12-8-18(3)9-13-20)16-7-17-23(6-2)29(26,27)21-14-10-19(4)11-15-21/h8-15H,5-7,16-17H2,1-4H3. The molecule has 8 heteroatoms. The van der Waals surface area contributed by atoms with Crippen molar-refractivity contribution in [3.63, 3.8) is 0 Å². The molecule has 0 saturated carbocycles. The Kier molecular flexibility index (Phi) is 7.99. The molecule has 0 atom stereocenters. The van der Waals surface area contributed by atoms with Gasteiger partial charge in [-0.15, -0.1) is 0 Å². The third kappa shape index (κ3) is 5.66. The Hall–Kier alpha value is -1.74. The molecule has 0 unspecified atom stereocenters. The Morgan fingerprint density at radius 2 is 0.931 bits per heavy atom. The number of benzene rings is 2. The lowest BCUT2D eigenvalue weighted by molar-refractivity contribution is 0.373. The van der Waals surface area contributed by atoms with Crippen molar-refractivity contribution in [3.8, 4) is 0 Å². The van der Waals surface area contributed by atoms with E-state index < -0.39 is 20.0 Å². The molecule has 2 aromatic rings. The van der Waals surface area contributed by atoms with Crippen LogP contribution in [0.1, 0.15) is 31.4 Å². The first-order chi connectivity index (χ1) is 13.6. The van der Waals surface area contributed by atoms with Crippen LogP contribution in [0.2, 0.25) is 0 Å². The average molecular weight is 439 g/mol. The van der Waals surface area contributed by atoms with Gasteiger partial charge in [0, 0.05) is 26.2 Å². The van der Waals surface area contributed by atoms with E-state index in [1.807, 2.05) is 13.8 Å². The molecule has 0 aliphatic heterocycles. The van der Waals surface area contributed by atoms with Crippen LogP contribution in [0.5, 0.6) is 0 Å². The van der Waals surface area contributed by atoms with Crippen LogP contribution < -0.4 is 0 Å². The molecular weight excluding hydrogens is 408 g/mol. The molecular formula is C21H30N2O4S2. The molecule has 0 N–H and O–H groups in total. The lowest BCUT2D eigenvalue weighted by atomic mass is 10.2. The van der Waals surface area contributed by atoms with Gasteiger partial charge >= 0.3 is 0 Å². The Morgan fingerprint density at radius 3 is 1.21 bits per heavy atom. The SMILES string of the molecule is CCN(CCCN(CC)S(=O)(=O)c1ccc(C)cc1)S(=O)(=O)c1ccc(C)cc1. The maximum absolute atomic E-state index is 12.9. The summed E-state index contributed by atoms with van der Waals surface area (Å²) in [5.74, 6) is 0. The maximum atomic E-state index is 12.9. The monoisotopic (exact) mass is 438 g/mol. The van der Waals surface area contributed by atoms with E-state index >= 15 is 0 Å². The number of hydrogen-bond acceptors (Lipinski definition) is 4. The van der Waals surface area contributed by atoms with E-state index in [1.165, 1.54) is 8.61 Å². The zero-order valence-corrected chi connectivity index (χ0v) is 19.1. The van der Waals surface area contributed by atoms with Gasteiger partial charge < -0.3 is 0 Å². The molecule has 0 aliphatic carbocycles. The van der Waals surface area contributed by atoms with Gasteiger partial charge in [0.2, 0.25) is 20.0 Å². The van der Waals surface area contributed by atoms with Crippen LogP contribution in [0.4, 0.5) is 0 Å². The fourth-order valence-electron chi connectivity index (χ4n) is 3.04. The van der Waals surface area contributed by atoms with Crippen LogP contribution in [-0.4, -0.2) is 51.6 Å². The molecule has 0 spiro atoms. The highest BCUT2D eigenvalue weighted by Crippen LogP contribution is 2.19. The fraction of sp³-hybridized carbons (Fsp3) is 0.429. The van der Waals surface area contributed by atoms with Crippen LogP contribution in [-0.2, 0) is 20.0 Å². The van der Waals surface area contributed by atoms with E-state index in [0.717, 1.165) is 11.1 Å². The molecule has 0 fully saturated rings. The second-order valence-corrected chi connectivity index (χ2v) is 10.8. The average Bonchev–Trinajstić information content (AvgIpc) is 2.68. The Morgan fingerprint density at radius 1 is 0.621 bits per heavy atom. The van der Waals surface area contributed by atoms with Crippen molar-refractivity contribution in [2.75, 3.05) is 26.2 Å². The maximum Gasteiger partial charge on any atom is 0.243 e. The molecule has 6 nitrogen and oxygen atoms in total. The molecule has 0 radical (unpaired) electrons. The number of nitrogens with zero attached hydrogens (tertiary/aromatic N) is 2. The minimum absolute atomic E-state index is 0.254. The molecule has 160 valence electrons. The Bertz CT molecular complexity index is 916. The summed E-state index contributed by atoms with van der Waals surface area (Å²) in [6.07, 6.45) is 0.415. The summed E-state index contributed by atoms with van der Waals surface area (Å²) in [7, 11) is -7.20. The summed E-state index contributed by atoms with van der Waals surface area (Å²) in [6, 6.07) is 13.5. The minimum atomic E-state index is -3.60. The van der Waals surface area contributed by atoms with Crippen molar-refractivity contribution in [2.45, 2.75) is 43.9 Å². The molecule has 0 bridgehead atoms. The van der Waals surface area contributed by atoms with Gasteiger partial charge in [-0.1, -0.05) is 49.2 Å². The first kappa shape index (κ1) is 23.5. The topological polar surface area (TPSA) is 74.8 Å². The quantitative estimate of drug-likeness (QED) is 0.570. The van der Waals surface area contributed by atoms with Gasteiger partial charge in [0.15, 0.2) is 0 Å². The highest BCUT2D eigenvalue weighted by atomic mass is 32.2. The predicted molar refractivity (Wildman–Crippen MR) is 116 cm³/mol. The van der Waals surface area contributed by atoms with Crippen LogP contribution in [0, 0.1) is 13.8 Å². The third-order valence-corrected chi connectivity index (χ3v) is 8.81. The van der Waals surface area contributed by atoms with Crippen molar-refractivity contribution in [1.82, 2.24) is 8.61 Å². The second-order valence-electron chi connectivity index (χ2n) is 6.97. The van der Waals surface area contributed by atoms with E-state index in [1.54, 1.807) is 62.4 Å². The van der Waals surface area contributed by atoms with Crippen molar-refractivity contribution >= 4 is 20.0 Å². The molecule has 0 heterocycles. The molecule has 2 aromatic carbocycles. The van der Waals surface area contributed by atoms with Crippen molar-refractivity contribution < 1.29 is 16.8 Å². The van der Waals surface area contributed by atoms with Crippen LogP contribution in [0.25, 0.3) is 0 Å². The summed E-state index contributed by atoms with van der Waals surface area (Å²) in [6.45, 7) is 8.54. The zero-order valence-electron chi connectivity index (χ0n) is 17.5. The van der Waals surface area contributed by atoms with Gasteiger partial charge in [-0.3, -0.25) is 0 Å². The number of rotatable bonds is 10. The van der Waals surface area contributed by atoms with E-state index in [-0.39, 0.29) is 22.9 Å². The molecule has 0 amide bonds. The molecule has 29 heavy (non-hydrogen) atoms. The Labute approximate surface area is 175 Å². The van der Waals surface area contributed by atoms with Gasteiger partial charge in [-0.05, 0) is 44.5 Å². The number of hydrogen-bond donors (Lipinski definition) is 0. The first-order valence-electron chi connectivity index (χ1n) is 9.76. The summed E-state index contributed by atoms with van der Waals surface area (Å²) in [4.78, 5) is 0.508. The normalized spacial score (nSPS) is 12.6. The zero-order chi connectivity index (χ0) is 21.7. The minimum Gasteiger partial charge on any atom is -0.207 e. The van der Waals surface area contributed by atoms with E-state index in [4.69, 9.17) is 0 Å². The third-order valence-electron chi connectivity index (χ3n) is 4.84. The molecule has 0 saturated heterocycles.